The molecule has 0 amide bonds. The number of hydrogen-bond donors (Lipinski definition) is 1. The van der Waals surface area contributed by atoms with Gasteiger partial charge >= 0.3 is 0 Å². The summed E-state index contributed by atoms with van der Waals surface area (Å²) in [7, 11) is 1.87. The van der Waals surface area contributed by atoms with Gasteiger partial charge in [0.1, 0.15) is 11.6 Å². The van der Waals surface area contributed by atoms with Gasteiger partial charge in [0.05, 0.1) is 9.77 Å². The van der Waals surface area contributed by atoms with E-state index in [1.807, 2.05) is 33.3 Å². The second kappa shape index (κ2) is 4.99. The van der Waals surface area contributed by atoms with Gasteiger partial charge in [-0.05, 0) is 29.5 Å². The molecule has 0 radical (unpaired) electrons. The highest BCUT2D eigenvalue weighted by Gasteiger charge is 2.11. The number of nitrogens with one attached hydrogen (secondary N) is 1. The van der Waals surface area contributed by atoms with Crippen LogP contribution in [0.1, 0.15) is 18.3 Å². The third-order valence-electron chi connectivity index (χ3n) is 2.49. The van der Waals surface area contributed by atoms with Crippen LogP contribution >= 0.6 is 22.6 Å². The van der Waals surface area contributed by atoms with Crippen molar-refractivity contribution in [3.8, 4) is 5.82 Å². The number of hydrogen-bond acceptors (Lipinski definition) is 4. The normalized spacial score (nSPS) is 10.6. The molecule has 2 aromatic rings. The molecule has 2 aromatic heterocycles. The molecule has 0 aliphatic heterocycles. The van der Waals surface area contributed by atoms with E-state index < -0.39 is 0 Å². The number of nitrogens with zero attached hydrogens (tertiary/aromatic N) is 4. The van der Waals surface area contributed by atoms with Crippen LogP contribution in [0.25, 0.3) is 5.82 Å². The van der Waals surface area contributed by atoms with Crippen molar-refractivity contribution in [1.82, 2.24) is 19.7 Å². The molecule has 0 atom stereocenters. The molecule has 17 heavy (non-hydrogen) atoms. The van der Waals surface area contributed by atoms with Gasteiger partial charge in [0.2, 0.25) is 0 Å². The Kier molecular flexibility index (Phi) is 3.60. The molecular weight excluding hydrogens is 329 g/mol. The van der Waals surface area contributed by atoms with Gasteiger partial charge in [0.25, 0.3) is 0 Å². The lowest BCUT2D eigenvalue weighted by molar-refractivity contribution is 0.804. The molecule has 2 heterocycles. The minimum absolute atomic E-state index is 0.806. The van der Waals surface area contributed by atoms with Crippen molar-refractivity contribution in [1.29, 1.82) is 0 Å². The second-order valence-corrected chi connectivity index (χ2v) is 4.89. The number of aromatic nitrogens is 4. The zero-order valence-electron chi connectivity index (χ0n) is 10.0. The van der Waals surface area contributed by atoms with Crippen LogP contribution < -0.4 is 5.32 Å². The lowest BCUT2D eigenvalue weighted by Crippen LogP contribution is -2.09. The van der Waals surface area contributed by atoms with Gasteiger partial charge in [-0.15, -0.1) is 0 Å². The predicted octanol–water partition coefficient (Wildman–Crippen LogP) is 2.18. The lowest BCUT2D eigenvalue weighted by atomic mass is 10.3. The Hall–Kier alpha value is -1.18. The number of aryl methyl sites for hydroxylation is 1. The summed E-state index contributed by atoms with van der Waals surface area (Å²) in [6, 6.07) is 0. The van der Waals surface area contributed by atoms with Crippen molar-refractivity contribution in [2.45, 2.75) is 20.3 Å². The Morgan fingerprint density at radius 2 is 2.18 bits per heavy atom. The van der Waals surface area contributed by atoms with Gasteiger partial charge in [-0.25, -0.2) is 14.6 Å². The summed E-state index contributed by atoms with van der Waals surface area (Å²) < 4.78 is 2.88. The van der Waals surface area contributed by atoms with Gasteiger partial charge in [-0.1, -0.05) is 6.92 Å². The Balaban J connectivity index is 2.59. The molecule has 0 unspecified atom stereocenters. The molecule has 0 saturated heterocycles. The molecule has 0 aromatic carbocycles. The van der Waals surface area contributed by atoms with E-state index in [4.69, 9.17) is 0 Å². The van der Waals surface area contributed by atoms with Crippen LogP contribution in [0.3, 0.4) is 0 Å². The molecule has 1 N–H and O–H groups in total. The van der Waals surface area contributed by atoms with Crippen molar-refractivity contribution in [2.24, 2.45) is 0 Å². The largest absolute Gasteiger partial charge is 0.373 e. The summed E-state index contributed by atoms with van der Waals surface area (Å²) in [4.78, 5) is 8.97. The summed E-state index contributed by atoms with van der Waals surface area (Å²) in [6.07, 6.45) is 4.57. The van der Waals surface area contributed by atoms with Crippen molar-refractivity contribution in [3.05, 3.63) is 27.4 Å². The summed E-state index contributed by atoms with van der Waals surface area (Å²) in [5, 5.41) is 7.38. The van der Waals surface area contributed by atoms with Crippen LogP contribution in [0.4, 0.5) is 5.82 Å². The van der Waals surface area contributed by atoms with E-state index in [0.29, 0.717) is 0 Å². The number of rotatable bonds is 3. The third kappa shape index (κ3) is 2.41. The van der Waals surface area contributed by atoms with Crippen LogP contribution in [0.15, 0.2) is 12.4 Å². The van der Waals surface area contributed by atoms with Crippen LogP contribution in [-0.4, -0.2) is 26.8 Å². The molecule has 0 aliphatic carbocycles. The first-order chi connectivity index (χ1) is 8.15. The van der Waals surface area contributed by atoms with Crippen LogP contribution in [0.5, 0.6) is 0 Å². The zero-order valence-corrected chi connectivity index (χ0v) is 12.2. The van der Waals surface area contributed by atoms with Gasteiger partial charge in [0.15, 0.2) is 5.82 Å². The molecular formula is C11H14IN5. The third-order valence-corrected chi connectivity index (χ3v) is 3.04. The van der Waals surface area contributed by atoms with Crippen molar-refractivity contribution in [2.75, 3.05) is 12.4 Å². The fourth-order valence-corrected chi connectivity index (χ4v) is 1.98. The summed E-state index contributed by atoms with van der Waals surface area (Å²) >= 11 is 2.23. The number of halogens is 1. The molecule has 5 nitrogen and oxygen atoms in total. The topological polar surface area (TPSA) is 55.6 Å². The lowest BCUT2D eigenvalue weighted by Gasteiger charge is -2.11. The van der Waals surface area contributed by atoms with Crippen LogP contribution in [0, 0.1) is 10.5 Å². The van der Waals surface area contributed by atoms with Crippen molar-refractivity contribution < 1.29 is 0 Å². The Morgan fingerprint density at radius 1 is 1.41 bits per heavy atom. The predicted molar refractivity (Wildman–Crippen MR) is 75.5 cm³/mol. The Morgan fingerprint density at radius 3 is 2.71 bits per heavy atom. The summed E-state index contributed by atoms with van der Waals surface area (Å²) in [6.45, 7) is 4.04. The molecule has 0 fully saturated rings. The van der Waals surface area contributed by atoms with E-state index in [1.54, 1.807) is 4.68 Å². The molecule has 0 aliphatic rings. The van der Waals surface area contributed by atoms with E-state index in [-0.39, 0.29) is 0 Å². The number of anilines is 1. The van der Waals surface area contributed by atoms with E-state index in [9.17, 15) is 0 Å². The summed E-state index contributed by atoms with van der Waals surface area (Å²) in [5.74, 6) is 2.52. The molecule has 0 bridgehead atoms. The standard InChI is InChI=1S/C11H14IN5/c1-4-9-15-10(13-3)7(2)11(16-9)17-6-8(12)5-14-17/h5-6H,4H2,1-3H3,(H,13,15,16). The van der Waals surface area contributed by atoms with Gasteiger partial charge < -0.3 is 5.32 Å². The van der Waals surface area contributed by atoms with E-state index in [2.05, 4.69) is 43.0 Å². The first-order valence-corrected chi connectivity index (χ1v) is 6.49. The van der Waals surface area contributed by atoms with Crippen molar-refractivity contribution in [3.63, 3.8) is 0 Å². The molecule has 6 heteroatoms. The maximum Gasteiger partial charge on any atom is 0.162 e. The fourth-order valence-electron chi connectivity index (χ4n) is 1.59. The fraction of sp³-hybridized carbons (Fsp3) is 0.364. The SMILES string of the molecule is CCc1nc(NC)c(C)c(-n2cc(I)cn2)n1. The molecule has 0 spiro atoms. The van der Waals surface area contributed by atoms with Crippen LogP contribution in [0.2, 0.25) is 0 Å². The summed E-state index contributed by atoms with van der Waals surface area (Å²) in [5.41, 5.74) is 1.00. The first kappa shape index (κ1) is 12.3. The highest BCUT2D eigenvalue weighted by atomic mass is 127. The zero-order chi connectivity index (χ0) is 12.4. The van der Waals surface area contributed by atoms with Gasteiger partial charge in [0, 0.05) is 25.2 Å². The van der Waals surface area contributed by atoms with E-state index >= 15 is 0 Å². The van der Waals surface area contributed by atoms with E-state index in [1.165, 1.54) is 0 Å². The maximum atomic E-state index is 4.53. The van der Waals surface area contributed by atoms with E-state index in [0.717, 1.165) is 33.0 Å². The quantitative estimate of drug-likeness (QED) is 0.868. The average molecular weight is 343 g/mol. The first-order valence-electron chi connectivity index (χ1n) is 5.41. The molecule has 2 rings (SSSR count). The Bertz CT molecular complexity index is 535. The second-order valence-electron chi connectivity index (χ2n) is 3.64. The molecule has 0 saturated carbocycles. The minimum Gasteiger partial charge on any atom is -0.373 e. The van der Waals surface area contributed by atoms with Gasteiger partial charge in [-0.3, -0.25) is 0 Å². The maximum absolute atomic E-state index is 4.53. The highest BCUT2D eigenvalue weighted by molar-refractivity contribution is 14.1. The molecule has 90 valence electrons. The van der Waals surface area contributed by atoms with Gasteiger partial charge in [-0.2, -0.15) is 5.10 Å². The van der Waals surface area contributed by atoms with Crippen LogP contribution in [-0.2, 0) is 6.42 Å². The Labute approximate surface area is 114 Å². The monoisotopic (exact) mass is 343 g/mol. The smallest absolute Gasteiger partial charge is 0.162 e. The minimum atomic E-state index is 0.806. The van der Waals surface area contributed by atoms with Crippen molar-refractivity contribution >= 4 is 28.4 Å². The highest BCUT2D eigenvalue weighted by Crippen LogP contribution is 2.19. The average Bonchev–Trinajstić information content (AvgIpc) is 2.76.